The van der Waals surface area contributed by atoms with Gasteiger partial charge in [-0.2, -0.15) is 0 Å². The molecule has 0 radical (unpaired) electrons. The highest BCUT2D eigenvalue weighted by Gasteiger charge is 2.04. The lowest BCUT2D eigenvalue weighted by molar-refractivity contribution is 0.846. The standard InChI is InChI=1S/C14H18/c1-10(2)14(11(3)4)13-9-7-6-8-12(13)5/h6-9,11H,1,5H2,2-4H3/b14-13+. The van der Waals surface area contributed by atoms with Crippen molar-refractivity contribution in [1.82, 2.24) is 0 Å². The second-order valence-electron chi connectivity index (χ2n) is 4.01. The second kappa shape index (κ2) is 4.28. The molecule has 1 rings (SSSR count). The summed E-state index contributed by atoms with van der Waals surface area (Å²) in [7, 11) is 0. The van der Waals surface area contributed by atoms with Crippen molar-refractivity contribution in [3.8, 4) is 0 Å². The summed E-state index contributed by atoms with van der Waals surface area (Å²) in [5.74, 6) is 0.496. The van der Waals surface area contributed by atoms with Gasteiger partial charge in [0, 0.05) is 0 Å². The fourth-order valence-corrected chi connectivity index (χ4v) is 1.82. The molecule has 0 heteroatoms. The van der Waals surface area contributed by atoms with Gasteiger partial charge in [-0.05, 0) is 28.9 Å². The van der Waals surface area contributed by atoms with Crippen LogP contribution in [-0.4, -0.2) is 0 Å². The maximum absolute atomic E-state index is 4.04. The molecule has 0 heterocycles. The molecule has 1 aromatic carbocycles. The highest BCUT2D eigenvalue weighted by Crippen LogP contribution is 2.16. The lowest BCUT2D eigenvalue weighted by Gasteiger charge is -2.11. The molecule has 0 unspecified atom stereocenters. The molecule has 74 valence electrons. The van der Waals surface area contributed by atoms with Crippen LogP contribution in [0.3, 0.4) is 0 Å². The third-order valence-corrected chi connectivity index (χ3v) is 2.34. The van der Waals surface area contributed by atoms with E-state index in [0.29, 0.717) is 5.92 Å². The summed E-state index contributed by atoms with van der Waals surface area (Å²) >= 11 is 0. The molecule has 0 amide bonds. The Balaban J connectivity index is 3.61. The molecule has 0 aromatic heterocycles. The van der Waals surface area contributed by atoms with Gasteiger partial charge in [0.1, 0.15) is 0 Å². The molecule has 0 spiro atoms. The quantitative estimate of drug-likeness (QED) is 0.665. The van der Waals surface area contributed by atoms with E-state index in [1.54, 1.807) is 0 Å². The van der Waals surface area contributed by atoms with Gasteiger partial charge in [-0.15, -0.1) is 0 Å². The highest BCUT2D eigenvalue weighted by molar-refractivity contribution is 5.63. The first kappa shape index (κ1) is 10.8. The Kier molecular flexibility index (Phi) is 3.29. The fourth-order valence-electron chi connectivity index (χ4n) is 1.82. The van der Waals surface area contributed by atoms with E-state index < -0.39 is 0 Å². The van der Waals surface area contributed by atoms with Gasteiger partial charge in [0.2, 0.25) is 0 Å². The van der Waals surface area contributed by atoms with Crippen LogP contribution in [0.15, 0.2) is 36.4 Å². The summed E-state index contributed by atoms with van der Waals surface area (Å²) in [6.07, 6.45) is 0. The summed E-state index contributed by atoms with van der Waals surface area (Å²) < 4.78 is 0. The lowest BCUT2D eigenvalue weighted by Crippen LogP contribution is -2.27. The van der Waals surface area contributed by atoms with Crippen LogP contribution in [-0.2, 0) is 0 Å². The van der Waals surface area contributed by atoms with Crippen LogP contribution < -0.4 is 10.4 Å². The predicted molar refractivity (Wildman–Crippen MR) is 64.3 cm³/mol. The third kappa shape index (κ3) is 2.14. The van der Waals surface area contributed by atoms with E-state index in [4.69, 9.17) is 0 Å². The summed E-state index contributed by atoms with van der Waals surface area (Å²) in [6.45, 7) is 14.5. The van der Waals surface area contributed by atoms with Crippen LogP contribution >= 0.6 is 0 Å². The molecule has 14 heavy (non-hydrogen) atoms. The van der Waals surface area contributed by atoms with Crippen molar-refractivity contribution in [2.75, 3.05) is 0 Å². The largest absolute Gasteiger partial charge is 0.0958 e. The average molecular weight is 186 g/mol. The van der Waals surface area contributed by atoms with Crippen molar-refractivity contribution in [1.29, 1.82) is 0 Å². The smallest absolute Gasteiger partial charge is 0.0153 e. The molecule has 0 N–H and O–H groups in total. The van der Waals surface area contributed by atoms with Gasteiger partial charge >= 0.3 is 0 Å². The topological polar surface area (TPSA) is 0 Å². The molecule has 0 aliphatic carbocycles. The first-order valence-corrected chi connectivity index (χ1v) is 4.98. The Hall–Kier alpha value is -1.30. The molecule has 0 aliphatic heterocycles. The first-order chi connectivity index (χ1) is 6.54. The number of hydrogen-bond acceptors (Lipinski definition) is 0. The van der Waals surface area contributed by atoms with Crippen molar-refractivity contribution in [3.63, 3.8) is 0 Å². The van der Waals surface area contributed by atoms with Crippen molar-refractivity contribution in [2.45, 2.75) is 20.8 Å². The Labute approximate surface area is 86.3 Å². The third-order valence-electron chi connectivity index (χ3n) is 2.34. The van der Waals surface area contributed by atoms with Gasteiger partial charge < -0.3 is 0 Å². The van der Waals surface area contributed by atoms with Crippen molar-refractivity contribution in [2.24, 2.45) is 5.92 Å². The van der Waals surface area contributed by atoms with Crippen LogP contribution in [0.25, 0.3) is 12.2 Å². The maximum Gasteiger partial charge on any atom is -0.0153 e. The molecular weight excluding hydrogens is 168 g/mol. The average Bonchev–Trinajstić information content (AvgIpc) is 2.07. The zero-order valence-corrected chi connectivity index (χ0v) is 9.30. The van der Waals surface area contributed by atoms with Crippen LogP contribution in [0.1, 0.15) is 20.8 Å². The molecule has 0 atom stereocenters. The molecule has 0 bridgehead atoms. The monoisotopic (exact) mass is 186 g/mol. The summed E-state index contributed by atoms with van der Waals surface area (Å²) in [4.78, 5) is 0. The lowest BCUT2D eigenvalue weighted by atomic mass is 9.94. The SMILES string of the molecule is C=C(C)/C(=c1/ccccc1=C)C(C)C. The first-order valence-electron chi connectivity index (χ1n) is 4.98. The van der Waals surface area contributed by atoms with Gasteiger partial charge in [-0.1, -0.05) is 56.8 Å². The number of benzene rings is 1. The number of hydrogen-bond donors (Lipinski definition) is 0. The van der Waals surface area contributed by atoms with E-state index in [2.05, 4.69) is 46.1 Å². The predicted octanol–water partition coefficient (Wildman–Crippen LogP) is 2.48. The van der Waals surface area contributed by atoms with Gasteiger partial charge in [-0.3, -0.25) is 0 Å². The van der Waals surface area contributed by atoms with Crippen molar-refractivity contribution < 1.29 is 0 Å². The van der Waals surface area contributed by atoms with Crippen molar-refractivity contribution >= 4 is 12.2 Å². The van der Waals surface area contributed by atoms with E-state index in [1.807, 2.05) is 12.1 Å². The van der Waals surface area contributed by atoms with E-state index in [-0.39, 0.29) is 0 Å². The van der Waals surface area contributed by atoms with Crippen LogP contribution in [0, 0.1) is 5.92 Å². The van der Waals surface area contributed by atoms with Crippen LogP contribution in [0.5, 0.6) is 0 Å². The van der Waals surface area contributed by atoms with Gasteiger partial charge in [-0.25, -0.2) is 0 Å². The Morgan fingerprint density at radius 2 is 1.79 bits per heavy atom. The van der Waals surface area contributed by atoms with Gasteiger partial charge in [0.25, 0.3) is 0 Å². The molecule has 0 saturated heterocycles. The Bertz CT molecular complexity index is 435. The van der Waals surface area contributed by atoms with Crippen LogP contribution in [0.4, 0.5) is 0 Å². The van der Waals surface area contributed by atoms with E-state index in [1.165, 1.54) is 10.8 Å². The minimum atomic E-state index is 0.496. The zero-order chi connectivity index (χ0) is 10.7. The zero-order valence-electron chi connectivity index (χ0n) is 9.30. The van der Waals surface area contributed by atoms with Crippen molar-refractivity contribution in [3.05, 3.63) is 46.9 Å². The summed E-state index contributed by atoms with van der Waals surface area (Å²) in [5.41, 5.74) is 2.45. The normalized spacial score (nSPS) is 12.9. The van der Waals surface area contributed by atoms with E-state index in [9.17, 15) is 0 Å². The second-order valence-corrected chi connectivity index (χ2v) is 4.01. The minimum Gasteiger partial charge on any atom is -0.0958 e. The van der Waals surface area contributed by atoms with E-state index >= 15 is 0 Å². The summed E-state index contributed by atoms with van der Waals surface area (Å²) in [6, 6.07) is 8.23. The molecule has 0 saturated carbocycles. The number of rotatable bonds is 2. The molecular formula is C14H18. The maximum atomic E-state index is 4.04. The minimum absolute atomic E-state index is 0.496. The summed E-state index contributed by atoms with van der Waals surface area (Å²) in [5, 5.41) is 2.31. The highest BCUT2D eigenvalue weighted by atomic mass is 14.1. The fraction of sp³-hybridized carbons (Fsp3) is 0.286. The Morgan fingerprint density at radius 1 is 1.21 bits per heavy atom. The van der Waals surface area contributed by atoms with E-state index in [0.717, 1.165) is 10.8 Å². The van der Waals surface area contributed by atoms with Gasteiger partial charge in [0.05, 0.1) is 0 Å². The molecule has 0 nitrogen and oxygen atoms in total. The molecule has 0 fully saturated rings. The van der Waals surface area contributed by atoms with Crippen LogP contribution in [0.2, 0.25) is 0 Å². The Morgan fingerprint density at radius 3 is 2.21 bits per heavy atom. The van der Waals surface area contributed by atoms with Gasteiger partial charge in [0.15, 0.2) is 0 Å². The molecule has 1 aromatic rings. The molecule has 0 aliphatic rings. The number of allylic oxidation sites excluding steroid dienone is 1.